The number of urea groups is 1. The van der Waals surface area contributed by atoms with Gasteiger partial charge < -0.3 is 20.7 Å². The van der Waals surface area contributed by atoms with Crippen molar-refractivity contribution in [1.82, 2.24) is 16.0 Å². The Hall–Kier alpha value is -1.79. The largest absolute Gasteiger partial charge is 0.463 e. The molecule has 3 N–H and O–H groups in total. The van der Waals surface area contributed by atoms with E-state index in [0.717, 1.165) is 0 Å². The van der Waals surface area contributed by atoms with Gasteiger partial charge in [0.1, 0.15) is 6.61 Å². The molecule has 0 aromatic heterocycles. The molecule has 2 unspecified atom stereocenters. The van der Waals surface area contributed by atoms with E-state index < -0.39 is 0 Å². The normalized spacial score (nSPS) is 31.5. The van der Waals surface area contributed by atoms with Gasteiger partial charge in [-0.2, -0.15) is 0 Å². The lowest BCUT2D eigenvalue weighted by Gasteiger charge is -2.30. The summed E-state index contributed by atoms with van der Waals surface area (Å²) in [4.78, 5) is 33.7. The molecule has 3 amide bonds. The summed E-state index contributed by atoms with van der Waals surface area (Å²) < 4.78 is 4.75. The Labute approximate surface area is 105 Å². The van der Waals surface area contributed by atoms with Crippen LogP contribution in [0.3, 0.4) is 0 Å². The van der Waals surface area contributed by atoms with Crippen LogP contribution >= 0.6 is 0 Å². The van der Waals surface area contributed by atoms with Crippen LogP contribution in [0.15, 0.2) is 0 Å². The fraction of sp³-hybridized carbons (Fsp3) is 0.727. The van der Waals surface area contributed by atoms with Gasteiger partial charge in [0.05, 0.1) is 18.5 Å². The van der Waals surface area contributed by atoms with Crippen LogP contribution in [0.4, 0.5) is 4.79 Å². The van der Waals surface area contributed by atoms with Crippen molar-refractivity contribution in [2.75, 3.05) is 6.61 Å². The predicted molar refractivity (Wildman–Crippen MR) is 61.7 cm³/mol. The summed E-state index contributed by atoms with van der Waals surface area (Å²) in [5.41, 5.74) is 0. The Bertz CT molecular complexity index is 371. The lowest BCUT2D eigenvalue weighted by Crippen LogP contribution is -2.56. The first-order chi connectivity index (χ1) is 8.54. The topological polar surface area (TPSA) is 96.5 Å². The number of esters is 1. The van der Waals surface area contributed by atoms with E-state index in [4.69, 9.17) is 4.74 Å². The number of hydrogen-bond donors (Lipinski definition) is 3. The van der Waals surface area contributed by atoms with Crippen LogP contribution in [0.25, 0.3) is 0 Å². The molecular weight excluding hydrogens is 238 g/mol. The zero-order valence-corrected chi connectivity index (χ0v) is 10.2. The van der Waals surface area contributed by atoms with E-state index in [-0.39, 0.29) is 49.1 Å². The van der Waals surface area contributed by atoms with E-state index in [2.05, 4.69) is 16.0 Å². The first-order valence-corrected chi connectivity index (χ1v) is 6.06. The SMILES string of the molecule is CC1NC(=O)CCC1NC(=O)N[C@@H]1COC(=O)C1. The molecule has 0 saturated carbocycles. The molecular formula is C11H17N3O4. The molecule has 0 aromatic rings. The van der Waals surface area contributed by atoms with Gasteiger partial charge in [0, 0.05) is 12.5 Å². The van der Waals surface area contributed by atoms with Crippen molar-refractivity contribution in [3.05, 3.63) is 0 Å². The van der Waals surface area contributed by atoms with Crippen molar-refractivity contribution in [2.24, 2.45) is 0 Å². The molecule has 2 saturated heterocycles. The molecule has 0 radical (unpaired) electrons. The van der Waals surface area contributed by atoms with E-state index in [9.17, 15) is 14.4 Å². The molecule has 2 rings (SSSR count). The third-order valence-corrected chi connectivity index (χ3v) is 3.18. The zero-order chi connectivity index (χ0) is 13.1. The standard InChI is InChI=1S/C11H17N3O4/c1-6-8(2-3-9(15)12-6)14-11(17)13-7-4-10(16)18-5-7/h6-8H,2-5H2,1H3,(H,12,15)(H2,13,14,17)/t6?,7-,8?/m0/s1. The van der Waals surface area contributed by atoms with Gasteiger partial charge in [-0.3, -0.25) is 9.59 Å². The highest BCUT2D eigenvalue weighted by molar-refractivity contribution is 5.79. The highest BCUT2D eigenvalue weighted by atomic mass is 16.5. The lowest BCUT2D eigenvalue weighted by atomic mass is 9.99. The molecule has 3 atom stereocenters. The molecule has 100 valence electrons. The van der Waals surface area contributed by atoms with E-state index in [1.165, 1.54) is 0 Å². The van der Waals surface area contributed by atoms with Crippen LogP contribution in [0.5, 0.6) is 0 Å². The van der Waals surface area contributed by atoms with Gasteiger partial charge in [0.25, 0.3) is 0 Å². The van der Waals surface area contributed by atoms with Crippen molar-refractivity contribution >= 4 is 17.9 Å². The van der Waals surface area contributed by atoms with Crippen LogP contribution in [0.2, 0.25) is 0 Å². The second-order valence-electron chi connectivity index (χ2n) is 4.70. The number of nitrogens with one attached hydrogen (secondary N) is 3. The maximum absolute atomic E-state index is 11.7. The summed E-state index contributed by atoms with van der Waals surface area (Å²) in [6, 6.07) is -0.753. The molecule has 2 aliphatic rings. The molecule has 7 nitrogen and oxygen atoms in total. The minimum absolute atomic E-state index is 0.00995. The van der Waals surface area contributed by atoms with Gasteiger partial charge in [-0.15, -0.1) is 0 Å². The van der Waals surface area contributed by atoms with Crippen LogP contribution in [0.1, 0.15) is 26.2 Å². The molecule has 18 heavy (non-hydrogen) atoms. The maximum atomic E-state index is 11.7. The minimum atomic E-state index is -0.328. The van der Waals surface area contributed by atoms with Gasteiger partial charge in [-0.25, -0.2) is 4.79 Å². The Kier molecular flexibility index (Phi) is 3.69. The first-order valence-electron chi connectivity index (χ1n) is 6.06. The number of hydrogen-bond acceptors (Lipinski definition) is 4. The number of ether oxygens (including phenoxy) is 1. The van der Waals surface area contributed by atoms with Gasteiger partial charge in [-0.1, -0.05) is 0 Å². The summed E-state index contributed by atoms with van der Waals surface area (Å²) in [6.07, 6.45) is 1.26. The van der Waals surface area contributed by atoms with Crippen molar-refractivity contribution in [3.8, 4) is 0 Å². The van der Waals surface area contributed by atoms with Crippen molar-refractivity contribution in [1.29, 1.82) is 0 Å². The van der Waals surface area contributed by atoms with Gasteiger partial charge in [0.15, 0.2) is 0 Å². The summed E-state index contributed by atoms with van der Waals surface area (Å²) in [5, 5.41) is 8.25. The molecule has 2 fully saturated rings. The first kappa shape index (κ1) is 12.7. The lowest BCUT2D eigenvalue weighted by molar-refractivity contribution is -0.138. The highest BCUT2D eigenvalue weighted by Crippen LogP contribution is 2.10. The average molecular weight is 255 g/mol. The van der Waals surface area contributed by atoms with E-state index >= 15 is 0 Å². The van der Waals surface area contributed by atoms with Crippen LogP contribution in [-0.2, 0) is 14.3 Å². The van der Waals surface area contributed by atoms with Crippen LogP contribution in [-0.4, -0.2) is 42.6 Å². The summed E-state index contributed by atoms with van der Waals surface area (Å²) in [5.74, 6) is -0.283. The second-order valence-corrected chi connectivity index (χ2v) is 4.70. The highest BCUT2D eigenvalue weighted by Gasteiger charge is 2.29. The molecule has 2 aliphatic heterocycles. The molecule has 0 aromatic carbocycles. The van der Waals surface area contributed by atoms with Gasteiger partial charge in [0.2, 0.25) is 5.91 Å². The quantitative estimate of drug-likeness (QED) is 0.567. The Morgan fingerprint density at radius 1 is 1.39 bits per heavy atom. The average Bonchev–Trinajstić information content (AvgIpc) is 2.68. The van der Waals surface area contributed by atoms with E-state index in [0.29, 0.717) is 12.8 Å². The fourth-order valence-electron chi connectivity index (χ4n) is 2.16. The number of piperidine rings is 1. The predicted octanol–water partition coefficient (Wildman–Crippen LogP) is -0.732. The molecule has 0 aliphatic carbocycles. The fourth-order valence-corrected chi connectivity index (χ4v) is 2.16. The Balaban J connectivity index is 1.77. The maximum Gasteiger partial charge on any atom is 0.315 e. The summed E-state index contributed by atoms with van der Waals surface area (Å²) >= 11 is 0. The monoisotopic (exact) mass is 255 g/mol. The Morgan fingerprint density at radius 3 is 2.78 bits per heavy atom. The number of rotatable bonds is 2. The third kappa shape index (κ3) is 3.12. The van der Waals surface area contributed by atoms with E-state index in [1.807, 2.05) is 6.92 Å². The van der Waals surface area contributed by atoms with E-state index in [1.54, 1.807) is 0 Å². The van der Waals surface area contributed by atoms with Crippen molar-refractivity contribution in [3.63, 3.8) is 0 Å². The van der Waals surface area contributed by atoms with Crippen LogP contribution < -0.4 is 16.0 Å². The number of carbonyl (C=O) groups is 3. The van der Waals surface area contributed by atoms with Gasteiger partial charge in [-0.05, 0) is 13.3 Å². The Morgan fingerprint density at radius 2 is 2.17 bits per heavy atom. The number of amides is 3. The van der Waals surface area contributed by atoms with Crippen molar-refractivity contribution < 1.29 is 19.1 Å². The van der Waals surface area contributed by atoms with Crippen molar-refractivity contribution in [2.45, 2.75) is 44.3 Å². The number of cyclic esters (lactones) is 1. The van der Waals surface area contributed by atoms with Gasteiger partial charge >= 0.3 is 12.0 Å². The number of carbonyl (C=O) groups excluding carboxylic acids is 3. The smallest absolute Gasteiger partial charge is 0.315 e. The second kappa shape index (κ2) is 5.24. The molecule has 0 spiro atoms. The zero-order valence-electron chi connectivity index (χ0n) is 10.2. The van der Waals surface area contributed by atoms with Crippen LogP contribution in [0, 0.1) is 0 Å². The minimum Gasteiger partial charge on any atom is -0.463 e. The summed E-state index contributed by atoms with van der Waals surface area (Å²) in [6.45, 7) is 2.08. The third-order valence-electron chi connectivity index (χ3n) is 3.18. The molecule has 0 bridgehead atoms. The molecule has 2 heterocycles. The summed E-state index contributed by atoms with van der Waals surface area (Å²) in [7, 11) is 0. The molecule has 7 heteroatoms.